The Bertz CT molecular complexity index is 936. The summed E-state index contributed by atoms with van der Waals surface area (Å²) in [6.45, 7) is 4.71. The molecule has 2 aromatic heterocycles. The van der Waals surface area contributed by atoms with Crippen molar-refractivity contribution in [3.63, 3.8) is 0 Å². The van der Waals surface area contributed by atoms with Crippen LogP contribution < -0.4 is 10.9 Å². The normalized spacial score (nSPS) is 19.7. The van der Waals surface area contributed by atoms with Crippen LogP contribution in [0.25, 0.3) is 0 Å². The number of thiazole rings is 1. The van der Waals surface area contributed by atoms with Gasteiger partial charge in [0.05, 0.1) is 5.56 Å². The van der Waals surface area contributed by atoms with Crippen molar-refractivity contribution < 1.29 is 9.59 Å². The lowest BCUT2D eigenvalue weighted by atomic mass is 9.97. The molecule has 2 saturated heterocycles. The molecule has 0 unspecified atom stereocenters. The van der Waals surface area contributed by atoms with E-state index >= 15 is 0 Å². The van der Waals surface area contributed by atoms with Crippen molar-refractivity contribution in [3.05, 3.63) is 45.8 Å². The molecule has 0 aliphatic carbocycles. The molecule has 2 fully saturated rings. The first kappa shape index (κ1) is 20.7. The van der Waals surface area contributed by atoms with Crippen molar-refractivity contribution in [2.24, 2.45) is 5.92 Å². The Morgan fingerprint density at radius 3 is 2.77 bits per heavy atom. The van der Waals surface area contributed by atoms with Gasteiger partial charge in [-0.2, -0.15) is 0 Å². The van der Waals surface area contributed by atoms with Crippen LogP contribution in [0.15, 0.2) is 34.7 Å². The molecular weight excluding hydrogens is 402 g/mol. The van der Waals surface area contributed by atoms with E-state index in [1.165, 1.54) is 54.1 Å². The molecule has 2 aliphatic rings. The number of hydrogen-bond donors (Lipinski definition) is 1. The van der Waals surface area contributed by atoms with Crippen LogP contribution in [-0.2, 0) is 11.3 Å². The molecule has 9 heteroatoms. The summed E-state index contributed by atoms with van der Waals surface area (Å²) in [7, 11) is 0. The number of likely N-dealkylation sites (tertiary alicyclic amines) is 2. The quantitative estimate of drug-likeness (QED) is 0.758. The minimum absolute atomic E-state index is 0.0739. The van der Waals surface area contributed by atoms with E-state index < -0.39 is 0 Å². The van der Waals surface area contributed by atoms with Crippen molar-refractivity contribution in [2.75, 3.05) is 38.0 Å². The lowest BCUT2D eigenvalue weighted by Crippen LogP contribution is -2.43. The fraction of sp³-hybridized carbons (Fsp3) is 0.524. The number of nitrogens with zero attached hydrogens (tertiary/aromatic N) is 4. The molecule has 2 aliphatic heterocycles. The SMILES string of the molecule is O=C(Cn1cc(C(=O)N2CCC[C@H](CN3CCCC3)C2)ccc1=O)Nc1nccs1. The van der Waals surface area contributed by atoms with Crippen LogP contribution in [0.1, 0.15) is 36.0 Å². The van der Waals surface area contributed by atoms with Crippen LogP contribution in [0, 0.1) is 5.92 Å². The zero-order chi connectivity index (χ0) is 20.9. The number of aromatic nitrogens is 2. The van der Waals surface area contributed by atoms with E-state index in [4.69, 9.17) is 0 Å². The molecular formula is C21H27N5O3S. The number of carbonyl (C=O) groups excluding carboxylic acids is 2. The standard InChI is InChI=1S/C21H27N5O3S/c27-18(23-21-22-7-11-30-21)15-26-14-17(5-6-19(26)28)20(29)25-10-3-4-16(13-25)12-24-8-1-2-9-24/h5-7,11,14,16H,1-4,8-10,12-13,15H2,(H,22,23,27)/t16-/m1/s1. The number of carbonyl (C=O) groups is 2. The number of anilines is 1. The second kappa shape index (κ2) is 9.53. The van der Waals surface area contributed by atoms with Gasteiger partial charge in [-0.1, -0.05) is 0 Å². The van der Waals surface area contributed by atoms with Gasteiger partial charge in [0.15, 0.2) is 5.13 Å². The van der Waals surface area contributed by atoms with Gasteiger partial charge >= 0.3 is 0 Å². The van der Waals surface area contributed by atoms with E-state index in [-0.39, 0.29) is 23.9 Å². The molecule has 4 heterocycles. The highest BCUT2D eigenvalue weighted by atomic mass is 32.1. The molecule has 30 heavy (non-hydrogen) atoms. The van der Waals surface area contributed by atoms with E-state index in [1.807, 2.05) is 4.90 Å². The summed E-state index contributed by atoms with van der Waals surface area (Å²) < 4.78 is 1.28. The number of amides is 2. The molecule has 0 aromatic carbocycles. The fourth-order valence-corrected chi connectivity index (χ4v) is 4.84. The number of hydrogen-bond acceptors (Lipinski definition) is 6. The van der Waals surface area contributed by atoms with Gasteiger partial charge in [-0.05, 0) is 50.8 Å². The maximum atomic E-state index is 13.1. The molecule has 1 atom stereocenters. The van der Waals surface area contributed by atoms with Crippen molar-refractivity contribution >= 4 is 28.3 Å². The molecule has 8 nitrogen and oxygen atoms in total. The second-order valence-electron chi connectivity index (χ2n) is 8.04. The fourth-order valence-electron chi connectivity index (χ4n) is 4.29. The third-order valence-electron chi connectivity index (χ3n) is 5.74. The predicted molar refractivity (Wildman–Crippen MR) is 116 cm³/mol. The van der Waals surface area contributed by atoms with Gasteiger partial charge in [-0.3, -0.25) is 14.4 Å². The van der Waals surface area contributed by atoms with Gasteiger partial charge in [-0.25, -0.2) is 4.98 Å². The minimum Gasteiger partial charge on any atom is -0.338 e. The Morgan fingerprint density at radius 1 is 1.17 bits per heavy atom. The molecule has 0 bridgehead atoms. The number of rotatable bonds is 6. The van der Waals surface area contributed by atoms with Gasteiger partial charge in [0, 0.05) is 43.5 Å². The third kappa shape index (κ3) is 5.14. The Balaban J connectivity index is 1.40. The number of pyridine rings is 1. The third-order valence-corrected chi connectivity index (χ3v) is 6.43. The van der Waals surface area contributed by atoms with Crippen molar-refractivity contribution in [1.29, 1.82) is 0 Å². The van der Waals surface area contributed by atoms with E-state index in [0.29, 0.717) is 16.6 Å². The molecule has 2 amide bonds. The summed E-state index contributed by atoms with van der Waals surface area (Å²) in [5, 5.41) is 4.90. The van der Waals surface area contributed by atoms with E-state index in [9.17, 15) is 14.4 Å². The Hall–Kier alpha value is -2.52. The Morgan fingerprint density at radius 2 is 2.00 bits per heavy atom. The monoisotopic (exact) mass is 429 g/mol. The summed E-state index contributed by atoms with van der Waals surface area (Å²) in [6.07, 6.45) is 7.79. The van der Waals surface area contributed by atoms with Crippen LogP contribution >= 0.6 is 11.3 Å². The molecule has 1 N–H and O–H groups in total. The summed E-state index contributed by atoms with van der Waals surface area (Å²) in [5.41, 5.74) is 0.130. The highest BCUT2D eigenvalue weighted by Crippen LogP contribution is 2.21. The largest absolute Gasteiger partial charge is 0.338 e. The predicted octanol–water partition coefficient (Wildman–Crippen LogP) is 1.89. The Labute approximate surface area is 179 Å². The summed E-state index contributed by atoms with van der Waals surface area (Å²) >= 11 is 1.31. The average molecular weight is 430 g/mol. The average Bonchev–Trinajstić information content (AvgIpc) is 3.44. The summed E-state index contributed by atoms with van der Waals surface area (Å²) in [4.78, 5) is 45.9. The topological polar surface area (TPSA) is 87.5 Å². The van der Waals surface area contributed by atoms with E-state index in [1.54, 1.807) is 17.6 Å². The first-order valence-corrected chi connectivity index (χ1v) is 11.4. The summed E-state index contributed by atoms with van der Waals surface area (Å²) in [6, 6.07) is 2.92. The number of piperidine rings is 1. The molecule has 2 aromatic rings. The molecule has 0 spiro atoms. The zero-order valence-corrected chi connectivity index (χ0v) is 17.8. The molecule has 0 saturated carbocycles. The lowest BCUT2D eigenvalue weighted by molar-refractivity contribution is -0.116. The van der Waals surface area contributed by atoms with E-state index in [0.717, 1.165) is 32.5 Å². The zero-order valence-electron chi connectivity index (χ0n) is 17.0. The number of nitrogens with one attached hydrogen (secondary N) is 1. The van der Waals surface area contributed by atoms with Crippen LogP contribution in [0.2, 0.25) is 0 Å². The van der Waals surface area contributed by atoms with Gasteiger partial charge in [0.1, 0.15) is 6.54 Å². The van der Waals surface area contributed by atoms with Crippen LogP contribution in [-0.4, -0.2) is 63.9 Å². The first-order valence-electron chi connectivity index (χ1n) is 10.5. The van der Waals surface area contributed by atoms with Gasteiger partial charge in [-0.15, -0.1) is 11.3 Å². The minimum atomic E-state index is -0.347. The van der Waals surface area contributed by atoms with Crippen molar-refractivity contribution in [2.45, 2.75) is 32.2 Å². The van der Waals surface area contributed by atoms with Crippen LogP contribution in [0.4, 0.5) is 5.13 Å². The Kier molecular flexibility index (Phi) is 6.59. The lowest BCUT2D eigenvalue weighted by Gasteiger charge is -2.34. The molecule has 4 rings (SSSR count). The van der Waals surface area contributed by atoms with Gasteiger partial charge in [0.2, 0.25) is 5.91 Å². The van der Waals surface area contributed by atoms with E-state index in [2.05, 4.69) is 15.2 Å². The van der Waals surface area contributed by atoms with Gasteiger partial charge in [0.25, 0.3) is 11.5 Å². The van der Waals surface area contributed by atoms with Crippen molar-refractivity contribution in [1.82, 2.24) is 19.4 Å². The molecule has 160 valence electrons. The van der Waals surface area contributed by atoms with Crippen molar-refractivity contribution in [3.8, 4) is 0 Å². The summed E-state index contributed by atoms with van der Waals surface area (Å²) in [5.74, 6) is 0.0753. The second-order valence-corrected chi connectivity index (χ2v) is 8.93. The maximum Gasteiger partial charge on any atom is 0.255 e. The smallest absolute Gasteiger partial charge is 0.255 e. The van der Waals surface area contributed by atoms with Gasteiger partial charge < -0.3 is 19.7 Å². The highest BCUT2D eigenvalue weighted by Gasteiger charge is 2.27. The maximum absolute atomic E-state index is 13.1. The highest BCUT2D eigenvalue weighted by molar-refractivity contribution is 7.13. The van der Waals surface area contributed by atoms with Crippen LogP contribution in [0.5, 0.6) is 0 Å². The molecule has 0 radical (unpaired) electrons. The van der Waals surface area contributed by atoms with Crippen LogP contribution in [0.3, 0.4) is 0 Å². The first-order chi connectivity index (χ1) is 14.6.